The predicted molar refractivity (Wildman–Crippen MR) is 101 cm³/mol. The molecule has 0 saturated heterocycles. The van der Waals surface area contributed by atoms with Gasteiger partial charge in [-0.15, -0.1) is 0 Å². The number of hydrogen-bond acceptors (Lipinski definition) is 3. The van der Waals surface area contributed by atoms with Gasteiger partial charge in [0.2, 0.25) is 0 Å². The molecule has 0 atom stereocenters. The molecule has 4 rings (SSSR count). The first-order valence-corrected chi connectivity index (χ1v) is 8.55. The van der Waals surface area contributed by atoms with Gasteiger partial charge in [-0.1, -0.05) is 28.1 Å². The number of imidazole rings is 1. The Morgan fingerprint density at radius 2 is 2.08 bits per heavy atom. The molecule has 0 unspecified atom stereocenters. The third-order valence-electron chi connectivity index (χ3n) is 3.84. The summed E-state index contributed by atoms with van der Waals surface area (Å²) in [4.78, 5) is 7.30. The average molecular weight is 408 g/mol. The van der Waals surface area contributed by atoms with Crippen LogP contribution < -0.4 is 0 Å². The van der Waals surface area contributed by atoms with Crippen LogP contribution >= 0.6 is 15.9 Å². The van der Waals surface area contributed by atoms with Crippen LogP contribution in [0, 0.1) is 17.1 Å². The van der Waals surface area contributed by atoms with E-state index in [1.807, 2.05) is 30.3 Å². The summed E-state index contributed by atoms with van der Waals surface area (Å²) in [6, 6.07) is 17.7. The fourth-order valence-electron chi connectivity index (χ4n) is 2.63. The number of H-pyrrole nitrogens is 1. The van der Waals surface area contributed by atoms with Gasteiger partial charge >= 0.3 is 0 Å². The Morgan fingerprint density at radius 3 is 2.88 bits per heavy atom. The molecule has 26 heavy (non-hydrogen) atoms. The predicted octanol–water partition coefficient (Wildman–Crippen LogP) is 5.79. The van der Waals surface area contributed by atoms with E-state index in [2.05, 4.69) is 32.0 Å². The number of rotatable bonds is 3. The molecule has 0 amide bonds. The average Bonchev–Trinajstić information content (AvgIpc) is 3.26. The number of nitriles is 1. The molecular weight excluding hydrogens is 397 g/mol. The van der Waals surface area contributed by atoms with E-state index in [0.717, 1.165) is 10.0 Å². The van der Waals surface area contributed by atoms with E-state index in [9.17, 15) is 9.65 Å². The standard InChI is InChI=1S/C20H11BrFN3O/c21-14-3-1-2-12(8-14)19-7-5-16(26-19)9-13(11-23)20-24-17-6-4-15(22)10-18(17)25-20/h1-10H,(H,24,25)/b13-9-. The van der Waals surface area contributed by atoms with Gasteiger partial charge in [-0.3, -0.25) is 0 Å². The van der Waals surface area contributed by atoms with Gasteiger partial charge in [0, 0.05) is 16.1 Å². The highest BCUT2D eigenvalue weighted by atomic mass is 79.9. The molecule has 0 bridgehead atoms. The summed E-state index contributed by atoms with van der Waals surface area (Å²) in [6.45, 7) is 0. The molecule has 0 aliphatic heterocycles. The third-order valence-corrected chi connectivity index (χ3v) is 4.34. The topological polar surface area (TPSA) is 65.6 Å². The maximum absolute atomic E-state index is 13.3. The number of halogens is 2. The molecular formula is C20H11BrFN3O. The summed E-state index contributed by atoms with van der Waals surface area (Å²) in [5.74, 6) is 1.23. The van der Waals surface area contributed by atoms with Gasteiger partial charge in [-0.05, 0) is 42.5 Å². The molecule has 4 aromatic rings. The number of nitrogens with zero attached hydrogens (tertiary/aromatic N) is 2. The van der Waals surface area contributed by atoms with Crippen LogP contribution in [0.3, 0.4) is 0 Å². The number of aromatic nitrogens is 2. The largest absolute Gasteiger partial charge is 0.457 e. The lowest BCUT2D eigenvalue weighted by atomic mass is 10.2. The maximum atomic E-state index is 13.3. The SMILES string of the molecule is N#C/C(=C/c1ccc(-c2cccc(Br)c2)o1)c1nc2ccc(F)cc2[nH]1. The molecule has 126 valence electrons. The van der Waals surface area contributed by atoms with Crippen LogP contribution in [0.1, 0.15) is 11.6 Å². The number of aromatic amines is 1. The molecule has 0 saturated carbocycles. The van der Waals surface area contributed by atoms with Crippen LogP contribution in [0.4, 0.5) is 4.39 Å². The van der Waals surface area contributed by atoms with Crippen molar-refractivity contribution in [1.29, 1.82) is 5.26 Å². The monoisotopic (exact) mass is 407 g/mol. The Labute approximate surface area is 156 Å². The van der Waals surface area contributed by atoms with Crippen molar-refractivity contribution in [3.8, 4) is 17.4 Å². The summed E-state index contributed by atoms with van der Waals surface area (Å²) in [7, 11) is 0. The van der Waals surface area contributed by atoms with Crippen LogP contribution in [0.25, 0.3) is 34.0 Å². The zero-order valence-electron chi connectivity index (χ0n) is 13.3. The van der Waals surface area contributed by atoms with Crippen molar-refractivity contribution in [1.82, 2.24) is 9.97 Å². The third kappa shape index (κ3) is 3.17. The second kappa shape index (κ2) is 6.62. The van der Waals surface area contributed by atoms with Crippen molar-refractivity contribution in [3.63, 3.8) is 0 Å². The molecule has 0 radical (unpaired) electrons. The molecule has 0 aliphatic carbocycles. The van der Waals surface area contributed by atoms with Gasteiger partial charge in [-0.2, -0.15) is 5.26 Å². The van der Waals surface area contributed by atoms with Crippen molar-refractivity contribution in [2.75, 3.05) is 0 Å². The number of furan rings is 1. The highest BCUT2D eigenvalue weighted by Gasteiger charge is 2.10. The van der Waals surface area contributed by atoms with Gasteiger partial charge in [-0.25, -0.2) is 9.37 Å². The Balaban J connectivity index is 1.70. The van der Waals surface area contributed by atoms with E-state index < -0.39 is 0 Å². The lowest BCUT2D eigenvalue weighted by Gasteiger charge is -1.97. The van der Waals surface area contributed by atoms with Crippen molar-refractivity contribution in [2.45, 2.75) is 0 Å². The molecule has 2 heterocycles. The molecule has 2 aromatic carbocycles. The minimum atomic E-state index is -0.361. The first-order chi connectivity index (χ1) is 12.6. The number of fused-ring (bicyclic) bond motifs is 1. The molecule has 0 fully saturated rings. The lowest BCUT2D eigenvalue weighted by Crippen LogP contribution is -1.84. The Morgan fingerprint density at radius 1 is 1.19 bits per heavy atom. The molecule has 6 heteroatoms. The summed E-state index contributed by atoms with van der Waals surface area (Å²) >= 11 is 3.43. The van der Waals surface area contributed by atoms with E-state index >= 15 is 0 Å². The summed E-state index contributed by atoms with van der Waals surface area (Å²) < 4.78 is 20.1. The Bertz CT molecular complexity index is 1180. The second-order valence-corrected chi connectivity index (χ2v) is 6.54. The zero-order valence-corrected chi connectivity index (χ0v) is 14.9. The molecule has 0 aliphatic rings. The molecule has 2 aromatic heterocycles. The minimum absolute atomic E-state index is 0.303. The number of allylic oxidation sites excluding steroid dienone is 1. The fourth-order valence-corrected chi connectivity index (χ4v) is 3.03. The minimum Gasteiger partial charge on any atom is -0.457 e. The molecule has 0 spiro atoms. The summed E-state index contributed by atoms with van der Waals surface area (Å²) in [5.41, 5.74) is 2.36. The van der Waals surface area contributed by atoms with Crippen LogP contribution in [0.15, 0.2) is 63.5 Å². The summed E-state index contributed by atoms with van der Waals surface area (Å²) in [5, 5.41) is 9.48. The first-order valence-electron chi connectivity index (χ1n) is 7.75. The van der Waals surface area contributed by atoms with E-state index in [1.54, 1.807) is 18.2 Å². The van der Waals surface area contributed by atoms with Crippen molar-refractivity contribution in [2.24, 2.45) is 0 Å². The normalized spacial score (nSPS) is 11.7. The van der Waals surface area contributed by atoms with Gasteiger partial charge in [0.25, 0.3) is 0 Å². The van der Waals surface area contributed by atoms with Crippen molar-refractivity contribution in [3.05, 3.63) is 76.5 Å². The van der Waals surface area contributed by atoms with Gasteiger partial charge in [0.15, 0.2) is 0 Å². The van der Waals surface area contributed by atoms with E-state index in [1.165, 1.54) is 12.1 Å². The van der Waals surface area contributed by atoms with Crippen LogP contribution in [0.5, 0.6) is 0 Å². The Hall–Kier alpha value is -3.17. The molecule has 1 N–H and O–H groups in total. The summed E-state index contributed by atoms with van der Waals surface area (Å²) in [6.07, 6.45) is 1.61. The van der Waals surface area contributed by atoms with Gasteiger partial charge in [0.1, 0.15) is 29.2 Å². The van der Waals surface area contributed by atoms with Crippen molar-refractivity contribution < 1.29 is 8.81 Å². The van der Waals surface area contributed by atoms with Crippen LogP contribution in [-0.2, 0) is 0 Å². The number of nitrogens with one attached hydrogen (secondary N) is 1. The van der Waals surface area contributed by atoms with E-state index in [-0.39, 0.29) is 5.82 Å². The fraction of sp³-hybridized carbons (Fsp3) is 0. The quantitative estimate of drug-likeness (QED) is 0.437. The molecule has 4 nitrogen and oxygen atoms in total. The zero-order chi connectivity index (χ0) is 18.1. The maximum Gasteiger partial charge on any atom is 0.149 e. The highest BCUT2D eigenvalue weighted by Crippen LogP contribution is 2.27. The first kappa shape index (κ1) is 16.3. The number of hydrogen-bond donors (Lipinski definition) is 1. The van der Waals surface area contributed by atoms with Crippen molar-refractivity contribution >= 4 is 38.6 Å². The lowest BCUT2D eigenvalue weighted by molar-refractivity contribution is 0.572. The van der Waals surface area contributed by atoms with Gasteiger partial charge < -0.3 is 9.40 Å². The van der Waals surface area contributed by atoms with Crippen LogP contribution in [-0.4, -0.2) is 9.97 Å². The van der Waals surface area contributed by atoms with Gasteiger partial charge in [0.05, 0.1) is 16.6 Å². The van der Waals surface area contributed by atoms with E-state index in [0.29, 0.717) is 34.0 Å². The second-order valence-electron chi connectivity index (χ2n) is 5.63. The highest BCUT2D eigenvalue weighted by molar-refractivity contribution is 9.10. The number of benzene rings is 2. The smallest absolute Gasteiger partial charge is 0.149 e. The van der Waals surface area contributed by atoms with Crippen LogP contribution in [0.2, 0.25) is 0 Å². The van der Waals surface area contributed by atoms with E-state index in [4.69, 9.17) is 4.42 Å². The Kier molecular flexibility index (Phi) is 4.15.